The average molecular weight is 433 g/mol. The number of sulfonamides is 1. The summed E-state index contributed by atoms with van der Waals surface area (Å²) in [6.07, 6.45) is 9.89. The van der Waals surface area contributed by atoms with Gasteiger partial charge >= 0.3 is 0 Å². The fourth-order valence-electron chi connectivity index (χ4n) is 4.28. The van der Waals surface area contributed by atoms with Gasteiger partial charge in [-0.1, -0.05) is 6.42 Å². The number of piperidine rings is 2. The first-order valence-electron chi connectivity index (χ1n) is 10.5. The molecule has 30 heavy (non-hydrogen) atoms. The van der Waals surface area contributed by atoms with Crippen molar-refractivity contribution in [3.63, 3.8) is 0 Å². The lowest BCUT2D eigenvalue weighted by Gasteiger charge is -2.35. The van der Waals surface area contributed by atoms with Gasteiger partial charge in [0, 0.05) is 39.1 Å². The molecule has 2 aliphatic rings. The van der Waals surface area contributed by atoms with E-state index in [0.29, 0.717) is 43.1 Å². The predicted molar refractivity (Wildman–Crippen MR) is 110 cm³/mol. The molecule has 162 valence electrons. The Morgan fingerprint density at radius 3 is 2.50 bits per heavy atom. The van der Waals surface area contributed by atoms with Crippen LogP contribution >= 0.6 is 0 Å². The maximum absolute atomic E-state index is 13.4. The standard InChI is InChI=1S/C20H28N6O3S/c1-15-21-12-16(20(27)25-9-5-3-6-10-25)19(23-15)17-8-4-7-11-26(17)30(28,29)18-13-24(2)14-22-18/h12-14,17H,3-11H2,1-2H3. The minimum absolute atomic E-state index is 0.0200. The number of nitrogens with zero attached hydrogens (tertiary/aromatic N) is 6. The van der Waals surface area contributed by atoms with E-state index in [0.717, 1.165) is 32.1 Å². The second kappa shape index (κ2) is 8.43. The molecule has 1 atom stereocenters. The molecule has 1 amide bonds. The molecule has 0 spiro atoms. The smallest absolute Gasteiger partial charge is 0.262 e. The largest absolute Gasteiger partial charge is 0.339 e. The van der Waals surface area contributed by atoms with Gasteiger partial charge in [-0.2, -0.15) is 4.31 Å². The minimum Gasteiger partial charge on any atom is -0.339 e. The van der Waals surface area contributed by atoms with Crippen LogP contribution in [0.5, 0.6) is 0 Å². The van der Waals surface area contributed by atoms with Crippen LogP contribution in [-0.2, 0) is 17.1 Å². The van der Waals surface area contributed by atoms with Crippen LogP contribution in [0.3, 0.4) is 0 Å². The summed E-state index contributed by atoms with van der Waals surface area (Å²) in [6, 6.07) is -0.504. The van der Waals surface area contributed by atoms with Gasteiger partial charge in [0.05, 0.1) is 23.6 Å². The molecule has 0 N–H and O–H groups in total. The normalized spacial score (nSPS) is 21.0. The van der Waals surface area contributed by atoms with E-state index in [1.165, 1.54) is 16.8 Å². The highest BCUT2D eigenvalue weighted by Crippen LogP contribution is 2.36. The molecule has 9 nitrogen and oxygen atoms in total. The van der Waals surface area contributed by atoms with Crippen molar-refractivity contribution in [3.05, 3.63) is 35.8 Å². The molecule has 2 aromatic heterocycles. The van der Waals surface area contributed by atoms with Crippen LogP contribution in [0.1, 0.15) is 66.4 Å². The number of carbonyl (C=O) groups is 1. The topological polar surface area (TPSA) is 101 Å². The first kappa shape index (κ1) is 20.9. The number of aromatic nitrogens is 4. The molecular formula is C20H28N6O3S. The first-order chi connectivity index (χ1) is 14.4. The van der Waals surface area contributed by atoms with Crippen LogP contribution < -0.4 is 0 Å². The molecule has 2 aromatic rings. The summed E-state index contributed by atoms with van der Waals surface area (Å²) in [7, 11) is -2.06. The molecule has 2 saturated heterocycles. The van der Waals surface area contributed by atoms with E-state index in [9.17, 15) is 13.2 Å². The molecule has 10 heteroatoms. The van der Waals surface area contributed by atoms with Crippen LogP contribution in [0.2, 0.25) is 0 Å². The molecule has 0 aliphatic carbocycles. The van der Waals surface area contributed by atoms with Gasteiger partial charge < -0.3 is 9.47 Å². The molecule has 4 rings (SSSR count). The van der Waals surface area contributed by atoms with Crippen molar-refractivity contribution in [2.45, 2.75) is 56.5 Å². The van der Waals surface area contributed by atoms with E-state index in [1.807, 2.05) is 4.90 Å². The van der Waals surface area contributed by atoms with Crippen LogP contribution in [-0.4, -0.2) is 62.7 Å². The number of imidazole rings is 1. The molecule has 0 bridgehead atoms. The minimum atomic E-state index is -3.80. The lowest BCUT2D eigenvalue weighted by atomic mass is 9.97. The molecule has 0 radical (unpaired) electrons. The third-order valence-electron chi connectivity index (χ3n) is 5.84. The van der Waals surface area contributed by atoms with Gasteiger partial charge in [-0.15, -0.1) is 0 Å². The van der Waals surface area contributed by atoms with Crippen LogP contribution in [0, 0.1) is 6.92 Å². The Bertz CT molecular complexity index is 1030. The van der Waals surface area contributed by atoms with Gasteiger partial charge in [0.1, 0.15) is 5.82 Å². The Kier molecular flexibility index (Phi) is 5.88. The van der Waals surface area contributed by atoms with E-state index < -0.39 is 16.1 Å². The van der Waals surface area contributed by atoms with E-state index in [2.05, 4.69) is 15.0 Å². The Morgan fingerprint density at radius 1 is 1.07 bits per heavy atom. The maximum Gasteiger partial charge on any atom is 0.262 e. The van der Waals surface area contributed by atoms with Crippen LogP contribution in [0.15, 0.2) is 23.7 Å². The van der Waals surface area contributed by atoms with Crippen molar-refractivity contribution in [2.75, 3.05) is 19.6 Å². The monoisotopic (exact) mass is 432 g/mol. The molecular weight excluding hydrogens is 404 g/mol. The lowest BCUT2D eigenvalue weighted by molar-refractivity contribution is 0.0719. The highest BCUT2D eigenvalue weighted by molar-refractivity contribution is 7.89. The van der Waals surface area contributed by atoms with Crippen molar-refractivity contribution in [2.24, 2.45) is 7.05 Å². The van der Waals surface area contributed by atoms with Crippen LogP contribution in [0.25, 0.3) is 0 Å². The second-order valence-corrected chi connectivity index (χ2v) is 9.91. The third kappa shape index (κ3) is 3.98. The molecule has 2 aliphatic heterocycles. The second-order valence-electron chi connectivity index (χ2n) is 8.07. The fourth-order valence-corrected chi connectivity index (χ4v) is 5.91. The molecule has 0 aromatic carbocycles. The molecule has 4 heterocycles. The van der Waals surface area contributed by atoms with Gasteiger partial charge in [0.15, 0.2) is 5.03 Å². The van der Waals surface area contributed by atoms with Gasteiger partial charge in [-0.05, 0) is 39.0 Å². The first-order valence-corrected chi connectivity index (χ1v) is 11.9. The fraction of sp³-hybridized carbons (Fsp3) is 0.600. The van der Waals surface area contributed by atoms with E-state index in [-0.39, 0.29) is 10.9 Å². The summed E-state index contributed by atoms with van der Waals surface area (Å²) >= 11 is 0. The zero-order valence-corrected chi connectivity index (χ0v) is 18.3. The highest BCUT2D eigenvalue weighted by atomic mass is 32.2. The number of hydrogen-bond acceptors (Lipinski definition) is 6. The van der Waals surface area contributed by atoms with Crippen molar-refractivity contribution in [1.82, 2.24) is 28.7 Å². The Morgan fingerprint density at radius 2 is 1.80 bits per heavy atom. The number of rotatable bonds is 4. The summed E-state index contributed by atoms with van der Waals surface area (Å²) in [5.41, 5.74) is 0.924. The zero-order valence-electron chi connectivity index (χ0n) is 17.5. The van der Waals surface area contributed by atoms with Crippen molar-refractivity contribution >= 4 is 15.9 Å². The molecule has 1 unspecified atom stereocenters. The number of hydrogen-bond donors (Lipinski definition) is 0. The van der Waals surface area contributed by atoms with Crippen molar-refractivity contribution in [3.8, 4) is 0 Å². The summed E-state index contributed by atoms with van der Waals surface area (Å²) in [4.78, 5) is 28.0. The van der Waals surface area contributed by atoms with E-state index >= 15 is 0 Å². The van der Waals surface area contributed by atoms with E-state index in [4.69, 9.17) is 0 Å². The third-order valence-corrected chi connectivity index (χ3v) is 7.63. The Hall–Kier alpha value is -2.33. The summed E-state index contributed by atoms with van der Waals surface area (Å²) in [5, 5.41) is 0.0200. The Balaban J connectivity index is 1.74. The van der Waals surface area contributed by atoms with Crippen LogP contribution in [0.4, 0.5) is 0 Å². The molecule has 2 fully saturated rings. The number of carbonyl (C=O) groups excluding carboxylic acids is 1. The quantitative estimate of drug-likeness (QED) is 0.733. The number of aryl methyl sites for hydroxylation is 2. The van der Waals surface area contributed by atoms with E-state index in [1.54, 1.807) is 24.7 Å². The number of amides is 1. The summed E-state index contributed by atoms with van der Waals surface area (Å²) in [5.74, 6) is 0.423. The summed E-state index contributed by atoms with van der Waals surface area (Å²) < 4.78 is 29.8. The Labute approximate surface area is 177 Å². The zero-order chi connectivity index (χ0) is 21.3. The van der Waals surface area contributed by atoms with Gasteiger partial charge in [0.25, 0.3) is 15.9 Å². The molecule has 0 saturated carbocycles. The van der Waals surface area contributed by atoms with Gasteiger partial charge in [-0.3, -0.25) is 4.79 Å². The number of likely N-dealkylation sites (tertiary alicyclic amines) is 1. The average Bonchev–Trinajstić information content (AvgIpc) is 3.21. The highest BCUT2D eigenvalue weighted by Gasteiger charge is 2.39. The SMILES string of the molecule is Cc1ncc(C(=O)N2CCCCC2)c(C2CCCCN2S(=O)(=O)c2cn(C)cn2)n1. The van der Waals surface area contributed by atoms with Gasteiger partial charge in [-0.25, -0.2) is 23.4 Å². The van der Waals surface area contributed by atoms with Crippen molar-refractivity contribution in [1.29, 1.82) is 0 Å². The lowest BCUT2D eigenvalue weighted by Crippen LogP contribution is -2.41. The van der Waals surface area contributed by atoms with Crippen molar-refractivity contribution < 1.29 is 13.2 Å². The van der Waals surface area contributed by atoms with Gasteiger partial charge in [0.2, 0.25) is 0 Å². The predicted octanol–water partition coefficient (Wildman–Crippen LogP) is 2.06. The summed E-state index contributed by atoms with van der Waals surface area (Å²) in [6.45, 7) is 3.57. The maximum atomic E-state index is 13.4.